The van der Waals surface area contributed by atoms with Crippen LogP contribution < -0.4 is 10.2 Å². The summed E-state index contributed by atoms with van der Waals surface area (Å²) in [5.74, 6) is 1.52. The standard InChI is InChI=1S/C18H18ClN5S.2ClH/c19-15-12-21-18(25-15)14-5-4-6-17(22-14)23-16-8-7-13(11-20-16)24-9-2-1-3-10-24;;/h4-8,11-12H,1-3,9-10H2,(H,20,22,23);2*1H. The Morgan fingerprint density at radius 2 is 1.74 bits per heavy atom. The third-order valence-electron chi connectivity index (χ3n) is 4.17. The Morgan fingerprint density at radius 3 is 2.41 bits per heavy atom. The molecule has 0 amide bonds. The van der Waals surface area contributed by atoms with Gasteiger partial charge in [0.1, 0.15) is 26.7 Å². The third-order valence-corrected chi connectivity index (χ3v) is 5.31. The monoisotopic (exact) mass is 443 g/mol. The zero-order chi connectivity index (χ0) is 17.1. The van der Waals surface area contributed by atoms with E-state index in [0.717, 1.165) is 35.4 Å². The Hall–Kier alpha value is -1.60. The second-order valence-corrected chi connectivity index (χ2v) is 7.61. The van der Waals surface area contributed by atoms with E-state index in [1.807, 2.05) is 30.5 Å². The van der Waals surface area contributed by atoms with E-state index >= 15 is 0 Å². The number of pyridine rings is 2. The predicted octanol–water partition coefficient (Wildman–Crippen LogP) is 5.83. The van der Waals surface area contributed by atoms with Crippen molar-refractivity contribution in [2.24, 2.45) is 0 Å². The maximum absolute atomic E-state index is 5.96. The number of hydrogen-bond acceptors (Lipinski definition) is 6. The van der Waals surface area contributed by atoms with Crippen LogP contribution in [0.1, 0.15) is 19.3 Å². The molecule has 0 radical (unpaired) electrons. The molecule has 144 valence electrons. The highest BCUT2D eigenvalue weighted by Crippen LogP contribution is 2.28. The van der Waals surface area contributed by atoms with Crippen LogP contribution in [0.4, 0.5) is 17.3 Å². The molecule has 3 aromatic rings. The molecule has 5 nitrogen and oxygen atoms in total. The lowest BCUT2D eigenvalue weighted by Crippen LogP contribution is -2.29. The SMILES string of the molecule is Cl.Cl.Clc1cnc(-c2cccc(Nc3ccc(N4CCCCC4)cn3)n2)s1. The minimum absolute atomic E-state index is 0. The molecular weight excluding hydrogens is 425 g/mol. The molecule has 0 aliphatic carbocycles. The van der Waals surface area contributed by atoms with Crippen LogP contribution in [-0.4, -0.2) is 28.0 Å². The maximum Gasteiger partial charge on any atom is 0.143 e. The average Bonchev–Trinajstić information content (AvgIpc) is 3.10. The van der Waals surface area contributed by atoms with Crippen molar-refractivity contribution in [1.29, 1.82) is 0 Å². The zero-order valence-corrected chi connectivity index (χ0v) is 17.7. The molecule has 9 heteroatoms. The van der Waals surface area contributed by atoms with E-state index in [2.05, 4.69) is 31.2 Å². The smallest absolute Gasteiger partial charge is 0.143 e. The van der Waals surface area contributed by atoms with Crippen molar-refractivity contribution in [3.8, 4) is 10.7 Å². The van der Waals surface area contributed by atoms with Gasteiger partial charge in [-0.3, -0.25) is 0 Å². The Kier molecular flexibility index (Phi) is 8.10. The largest absolute Gasteiger partial charge is 0.370 e. The Morgan fingerprint density at radius 1 is 0.926 bits per heavy atom. The first-order chi connectivity index (χ1) is 12.3. The van der Waals surface area contributed by atoms with Crippen LogP contribution in [0.3, 0.4) is 0 Å². The van der Waals surface area contributed by atoms with Gasteiger partial charge in [-0.05, 0) is 43.5 Å². The van der Waals surface area contributed by atoms with Gasteiger partial charge in [0.25, 0.3) is 0 Å². The Bertz CT molecular complexity index is 850. The van der Waals surface area contributed by atoms with Crippen molar-refractivity contribution in [3.05, 3.63) is 47.1 Å². The molecule has 0 aromatic carbocycles. The molecule has 0 spiro atoms. The van der Waals surface area contributed by atoms with Crippen molar-refractivity contribution in [2.75, 3.05) is 23.3 Å². The first-order valence-corrected chi connectivity index (χ1v) is 9.54. The van der Waals surface area contributed by atoms with E-state index < -0.39 is 0 Å². The van der Waals surface area contributed by atoms with Crippen LogP contribution in [0.2, 0.25) is 4.34 Å². The fraction of sp³-hybridized carbons (Fsp3) is 0.278. The number of halogens is 3. The fourth-order valence-corrected chi connectivity index (χ4v) is 3.81. The molecule has 0 saturated carbocycles. The van der Waals surface area contributed by atoms with Gasteiger partial charge in [0, 0.05) is 13.1 Å². The van der Waals surface area contributed by atoms with E-state index in [1.165, 1.54) is 36.3 Å². The third kappa shape index (κ3) is 5.45. The molecule has 4 rings (SSSR count). The molecule has 27 heavy (non-hydrogen) atoms. The van der Waals surface area contributed by atoms with Crippen LogP contribution in [0.25, 0.3) is 10.7 Å². The van der Waals surface area contributed by atoms with E-state index in [4.69, 9.17) is 11.6 Å². The molecule has 1 aliphatic heterocycles. The van der Waals surface area contributed by atoms with Crippen LogP contribution in [0, 0.1) is 0 Å². The highest BCUT2D eigenvalue weighted by Gasteiger charge is 2.11. The van der Waals surface area contributed by atoms with Crippen LogP contribution >= 0.6 is 47.8 Å². The normalized spacial score (nSPS) is 13.4. The summed E-state index contributed by atoms with van der Waals surface area (Å²) in [5.41, 5.74) is 1.98. The predicted molar refractivity (Wildman–Crippen MR) is 118 cm³/mol. The summed E-state index contributed by atoms with van der Waals surface area (Å²) in [7, 11) is 0. The van der Waals surface area contributed by atoms with Gasteiger partial charge in [0.2, 0.25) is 0 Å². The van der Waals surface area contributed by atoms with Gasteiger partial charge in [0.15, 0.2) is 0 Å². The van der Waals surface area contributed by atoms with Crippen molar-refractivity contribution >= 4 is 65.1 Å². The Labute approximate surface area is 180 Å². The molecule has 3 aromatic heterocycles. The summed E-state index contributed by atoms with van der Waals surface area (Å²) >= 11 is 7.37. The number of aromatic nitrogens is 3. The topological polar surface area (TPSA) is 53.9 Å². The molecule has 1 N–H and O–H groups in total. The minimum Gasteiger partial charge on any atom is -0.370 e. The number of thiazole rings is 1. The molecule has 0 atom stereocenters. The van der Waals surface area contributed by atoms with E-state index in [1.54, 1.807) is 6.20 Å². The molecule has 0 unspecified atom stereocenters. The molecular formula is C18H20Cl3N5S. The molecule has 1 saturated heterocycles. The van der Waals surface area contributed by atoms with Gasteiger partial charge in [-0.15, -0.1) is 36.2 Å². The van der Waals surface area contributed by atoms with Gasteiger partial charge in [-0.2, -0.15) is 0 Å². The van der Waals surface area contributed by atoms with Gasteiger partial charge in [-0.1, -0.05) is 17.7 Å². The van der Waals surface area contributed by atoms with Crippen molar-refractivity contribution in [3.63, 3.8) is 0 Å². The molecule has 1 fully saturated rings. The lowest BCUT2D eigenvalue weighted by molar-refractivity contribution is 0.577. The van der Waals surface area contributed by atoms with Gasteiger partial charge < -0.3 is 10.2 Å². The number of hydrogen-bond donors (Lipinski definition) is 1. The number of nitrogens with zero attached hydrogens (tertiary/aromatic N) is 4. The molecule has 0 bridgehead atoms. The molecule has 1 aliphatic rings. The second kappa shape index (κ2) is 10.1. The first kappa shape index (κ1) is 21.7. The fourth-order valence-electron chi connectivity index (χ4n) is 2.93. The number of anilines is 3. The average molecular weight is 445 g/mol. The van der Waals surface area contributed by atoms with Crippen molar-refractivity contribution in [1.82, 2.24) is 15.0 Å². The van der Waals surface area contributed by atoms with Gasteiger partial charge >= 0.3 is 0 Å². The lowest BCUT2D eigenvalue weighted by atomic mass is 10.1. The van der Waals surface area contributed by atoms with E-state index in [-0.39, 0.29) is 24.8 Å². The summed E-state index contributed by atoms with van der Waals surface area (Å²) in [4.78, 5) is 15.8. The summed E-state index contributed by atoms with van der Waals surface area (Å²) in [6.07, 6.45) is 7.42. The first-order valence-electron chi connectivity index (χ1n) is 8.35. The Balaban J connectivity index is 0.00000131. The van der Waals surface area contributed by atoms with Crippen molar-refractivity contribution < 1.29 is 0 Å². The summed E-state index contributed by atoms with van der Waals surface area (Å²) in [6, 6.07) is 9.90. The second-order valence-electron chi connectivity index (χ2n) is 5.95. The number of nitrogens with one attached hydrogen (secondary N) is 1. The summed E-state index contributed by atoms with van der Waals surface area (Å²) < 4.78 is 0.658. The quantitative estimate of drug-likeness (QED) is 0.548. The van der Waals surface area contributed by atoms with Gasteiger partial charge in [-0.25, -0.2) is 15.0 Å². The number of piperidine rings is 1. The van der Waals surface area contributed by atoms with E-state index in [9.17, 15) is 0 Å². The lowest BCUT2D eigenvalue weighted by Gasteiger charge is -2.28. The van der Waals surface area contributed by atoms with Crippen LogP contribution in [-0.2, 0) is 0 Å². The summed E-state index contributed by atoms with van der Waals surface area (Å²) in [5, 5.41) is 4.06. The van der Waals surface area contributed by atoms with Crippen molar-refractivity contribution in [2.45, 2.75) is 19.3 Å². The van der Waals surface area contributed by atoms with Gasteiger partial charge in [0.05, 0.1) is 18.1 Å². The van der Waals surface area contributed by atoms with E-state index in [0.29, 0.717) is 4.34 Å². The maximum atomic E-state index is 5.96. The van der Waals surface area contributed by atoms with Crippen LogP contribution in [0.5, 0.6) is 0 Å². The minimum atomic E-state index is 0. The zero-order valence-electron chi connectivity index (χ0n) is 14.5. The highest BCUT2D eigenvalue weighted by atomic mass is 35.5. The number of rotatable bonds is 4. The summed E-state index contributed by atoms with van der Waals surface area (Å²) in [6.45, 7) is 2.24. The highest BCUT2D eigenvalue weighted by molar-refractivity contribution is 7.18. The van der Waals surface area contributed by atoms with Crippen LogP contribution in [0.15, 0.2) is 42.7 Å². The molecule has 4 heterocycles.